The summed E-state index contributed by atoms with van der Waals surface area (Å²) in [5.41, 5.74) is 7.71. The fourth-order valence-corrected chi connectivity index (χ4v) is 5.74. The Morgan fingerprint density at radius 2 is 1.90 bits per heavy atom. The lowest BCUT2D eigenvalue weighted by Gasteiger charge is -2.21. The van der Waals surface area contributed by atoms with Crippen LogP contribution in [0.1, 0.15) is 75.4 Å². The molecule has 13 heteroatoms. The van der Waals surface area contributed by atoms with Crippen LogP contribution in [0, 0.1) is 11.7 Å². The number of nitrogen functional groups attached to an aromatic ring is 1. The Hall–Kier alpha value is -5.46. The van der Waals surface area contributed by atoms with Crippen molar-refractivity contribution < 1.29 is 23.5 Å². The summed E-state index contributed by atoms with van der Waals surface area (Å²) in [4.78, 5) is 52.9. The molecule has 3 heterocycles. The highest BCUT2D eigenvalue weighted by Crippen LogP contribution is 2.41. The van der Waals surface area contributed by atoms with Crippen LogP contribution in [0.4, 0.5) is 10.3 Å². The van der Waals surface area contributed by atoms with Crippen LogP contribution in [0.25, 0.3) is 27.8 Å². The molecule has 1 fully saturated rings. The molecular formula is C36H38FN7O5. The van der Waals surface area contributed by atoms with E-state index in [1.165, 1.54) is 10.6 Å². The number of fused-ring (bicyclic) bond motifs is 1. The van der Waals surface area contributed by atoms with Gasteiger partial charge in [-0.15, -0.1) is 0 Å². The van der Waals surface area contributed by atoms with Gasteiger partial charge in [0.1, 0.15) is 23.8 Å². The molecule has 3 aromatic heterocycles. The highest BCUT2D eigenvalue weighted by Gasteiger charge is 2.27. The van der Waals surface area contributed by atoms with Gasteiger partial charge in [-0.05, 0) is 74.2 Å². The number of nitrogens with two attached hydrogens (primary N) is 1. The predicted molar refractivity (Wildman–Crippen MR) is 180 cm³/mol. The van der Waals surface area contributed by atoms with E-state index < -0.39 is 34.8 Å². The first-order valence-corrected chi connectivity index (χ1v) is 16.1. The molecule has 5 aromatic rings. The van der Waals surface area contributed by atoms with Crippen molar-refractivity contribution in [2.24, 2.45) is 13.0 Å². The maximum Gasteiger partial charge on any atom is 0.309 e. The largest absolute Gasteiger partial charge is 0.460 e. The van der Waals surface area contributed by atoms with Crippen LogP contribution < -0.4 is 11.3 Å². The molecule has 12 nitrogen and oxygen atoms in total. The number of hydrogen-bond acceptors (Lipinski definition) is 10. The number of ether oxygens (including phenoxy) is 2. The van der Waals surface area contributed by atoms with Gasteiger partial charge in [0.05, 0.1) is 29.6 Å². The van der Waals surface area contributed by atoms with E-state index in [2.05, 4.69) is 20.1 Å². The predicted octanol–water partition coefficient (Wildman–Crippen LogP) is 5.18. The first kappa shape index (κ1) is 33.4. The zero-order chi connectivity index (χ0) is 35.0. The van der Waals surface area contributed by atoms with Gasteiger partial charge < -0.3 is 15.2 Å². The fraction of sp³-hybridized carbons (Fsp3) is 0.361. The summed E-state index contributed by atoms with van der Waals surface area (Å²) in [5, 5.41) is 4.66. The molecule has 0 unspecified atom stereocenters. The number of anilines is 1. The number of pyridine rings is 1. The average molecular weight is 668 g/mol. The third kappa shape index (κ3) is 7.66. The Labute approximate surface area is 282 Å². The molecule has 2 N–H and O–H groups in total. The molecule has 49 heavy (non-hydrogen) atoms. The van der Waals surface area contributed by atoms with E-state index in [1.54, 1.807) is 76.1 Å². The molecule has 0 aliphatic heterocycles. The van der Waals surface area contributed by atoms with E-state index in [1.807, 2.05) is 12.3 Å². The zero-order valence-corrected chi connectivity index (χ0v) is 28.1. The molecule has 0 bridgehead atoms. The van der Waals surface area contributed by atoms with E-state index in [4.69, 9.17) is 15.2 Å². The lowest BCUT2D eigenvalue weighted by atomic mass is 10.0. The van der Waals surface area contributed by atoms with Crippen LogP contribution in [0.3, 0.4) is 0 Å². The van der Waals surface area contributed by atoms with E-state index in [-0.39, 0.29) is 30.2 Å². The van der Waals surface area contributed by atoms with Gasteiger partial charge in [-0.25, -0.2) is 9.37 Å². The van der Waals surface area contributed by atoms with Gasteiger partial charge in [-0.3, -0.25) is 23.6 Å². The van der Waals surface area contributed by atoms with Crippen LogP contribution in [0.5, 0.6) is 0 Å². The zero-order valence-electron chi connectivity index (χ0n) is 28.1. The second-order valence-corrected chi connectivity index (χ2v) is 13.5. The molecular weight excluding hydrogens is 629 g/mol. The number of aryl methyl sites for hydroxylation is 1. The van der Waals surface area contributed by atoms with Crippen molar-refractivity contribution >= 4 is 28.7 Å². The maximum atomic E-state index is 15.5. The van der Waals surface area contributed by atoms with E-state index in [0.717, 1.165) is 24.0 Å². The van der Waals surface area contributed by atoms with Crippen LogP contribution in [-0.4, -0.2) is 46.8 Å². The normalized spacial score (nSPS) is 13.8. The van der Waals surface area contributed by atoms with Crippen molar-refractivity contribution in [3.05, 3.63) is 93.7 Å². The quantitative estimate of drug-likeness (QED) is 0.197. The lowest BCUT2D eigenvalue weighted by Crippen LogP contribution is -2.27. The Morgan fingerprint density at radius 1 is 1.12 bits per heavy atom. The van der Waals surface area contributed by atoms with Gasteiger partial charge >= 0.3 is 11.9 Å². The minimum absolute atomic E-state index is 0.0281. The summed E-state index contributed by atoms with van der Waals surface area (Å²) in [6.07, 6.45) is 7.25. The Balaban J connectivity index is 1.41. The number of halogens is 1. The molecule has 1 aliphatic rings. The summed E-state index contributed by atoms with van der Waals surface area (Å²) in [6, 6.07) is 10.1. The number of esters is 2. The van der Waals surface area contributed by atoms with Gasteiger partial charge in [0, 0.05) is 37.0 Å². The van der Waals surface area contributed by atoms with Gasteiger partial charge in [0.25, 0.3) is 5.56 Å². The average Bonchev–Trinajstić information content (AvgIpc) is 3.80. The molecule has 6 rings (SSSR count). The van der Waals surface area contributed by atoms with Gasteiger partial charge in [0.15, 0.2) is 5.82 Å². The van der Waals surface area contributed by atoms with Gasteiger partial charge in [-0.2, -0.15) is 15.1 Å². The first-order valence-electron chi connectivity index (χ1n) is 16.1. The van der Waals surface area contributed by atoms with Crippen molar-refractivity contribution in [3.8, 4) is 17.1 Å². The molecule has 1 saturated carbocycles. The number of nitrogens with zero attached hydrogens (tertiary/aromatic N) is 6. The lowest BCUT2D eigenvalue weighted by molar-refractivity contribution is -0.161. The molecule has 0 radical (unpaired) electrons. The topological polar surface area (TPSA) is 157 Å². The summed E-state index contributed by atoms with van der Waals surface area (Å²) in [5.74, 6) is -1.74. The van der Waals surface area contributed by atoms with Crippen molar-refractivity contribution in [2.75, 3.05) is 5.73 Å². The maximum absolute atomic E-state index is 15.5. The molecule has 1 aliphatic carbocycles. The van der Waals surface area contributed by atoms with E-state index in [9.17, 15) is 14.4 Å². The van der Waals surface area contributed by atoms with Crippen molar-refractivity contribution in [1.82, 2.24) is 29.3 Å². The number of hydrogen-bond donors (Lipinski definition) is 1. The number of carbonyl (C=O) groups excluding carboxylic acids is 2. The minimum atomic E-state index is -0.817. The van der Waals surface area contributed by atoms with Crippen LogP contribution >= 0.6 is 0 Å². The number of benzene rings is 2. The van der Waals surface area contributed by atoms with E-state index >= 15 is 4.39 Å². The smallest absolute Gasteiger partial charge is 0.309 e. The van der Waals surface area contributed by atoms with E-state index in [0.29, 0.717) is 40.4 Å². The minimum Gasteiger partial charge on any atom is -0.460 e. The van der Waals surface area contributed by atoms with Crippen LogP contribution in [-0.2, 0) is 39.1 Å². The van der Waals surface area contributed by atoms with Crippen molar-refractivity contribution in [2.45, 2.75) is 71.5 Å². The number of rotatable bonds is 10. The Kier molecular flexibility index (Phi) is 9.02. The van der Waals surface area contributed by atoms with Crippen molar-refractivity contribution in [1.29, 1.82) is 0 Å². The third-order valence-electron chi connectivity index (χ3n) is 8.15. The highest BCUT2D eigenvalue weighted by molar-refractivity contribution is 5.84. The number of aromatic nitrogens is 6. The Bertz CT molecular complexity index is 2130. The second-order valence-electron chi connectivity index (χ2n) is 13.5. The SMILES string of the molecule is C[C@@H](CC(=O)OC(C)(C)C)C(=O)OCc1c(-c2nc(N)nc(Cc3cnn(C)c3)n2)cccc1-n1ccc2cc(C3CC3)cc(F)c2c1=O. The van der Waals surface area contributed by atoms with Crippen LogP contribution in [0.2, 0.25) is 0 Å². The molecule has 2 aromatic carbocycles. The molecule has 0 saturated heterocycles. The van der Waals surface area contributed by atoms with Gasteiger partial charge in [-0.1, -0.05) is 25.1 Å². The van der Waals surface area contributed by atoms with Gasteiger partial charge in [0.2, 0.25) is 5.95 Å². The molecule has 0 amide bonds. The summed E-state index contributed by atoms with van der Waals surface area (Å²) < 4.78 is 29.6. The summed E-state index contributed by atoms with van der Waals surface area (Å²) in [7, 11) is 1.80. The Morgan fingerprint density at radius 3 is 2.59 bits per heavy atom. The third-order valence-corrected chi connectivity index (χ3v) is 8.15. The van der Waals surface area contributed by atoms with Crippen molar-refractivity contribution in [3.63, 3.8) is 0 Å². The summed E-state index contributed by atoms with van der Waals surface area (Å²) in [6.45, 7) is 6.49. The summed E-state index contributed by atoms with van der Waals surface area (Å²) >= 11 is 0. The monoisotopic (exact) mass is 667 g/mol. The first-order chi connectivity index (χ1) is 23.3. The van der Waals surface area contributed by atoms with Crippen LogP contribution in [0.15, 0.2) is 59.8 Å². The standard InChI is InChI=1S/C36H38FN7O5/c1-20(13-30(45)49-36(2,3)4)34(47)48-19-26-25(32-40-29(41-35(38)42-32)14-21-17-39-43(5)18-21)7-6-8-28(26)44-12-11-23-15-24(22-9-10-22)16-27(37)31(23)33(44)46/h6-8,11-12,15-18,20,22H,9-10,13-14,19H2,1-5H3,(H2,38,40,41,42)/t20-/m0/s1. The molecule has 1 atom stereocenters. The fourth-order valence-electron chi connectivity index (χ4n) is 5.74. The number of carbonyl (C=O) groups is 2. The molecule has 0 spiro atoms. The second kappa shape index (κ2) is 13.2. The molecule has 254 valence electrons. The highest BCUT2D eigenvalue weighted by atomic mass is 19.1.